The minimum Gasteiger partial charge on any atom is -0.497 e. The molecular formula is C16H18N2O4S2. The number of sulfone groups is 1. The van der Waals surface area contributed by atoms with E-state index >= 15 is 0 Å². The van der Waals surface area contributed by atoms with Crippen molar-refractivity contribution in [2.75, 3.05) is 25.7 Å². The molecule has 2 heterocycles. The molecule has 1 aromatic carbocycles. The van der Waals surface area contributed by atoms with Crippen molar-refractivity contribution in [3.63, 3.8) is 0 Å². The monoisotopic (exact) mass is 366 g/mol. The highest BCUT2D eigenvalue weighted by atomic mass is 32.2. The van der Waals surface area contributed by atoms with E-state index in [1.54, 1.807) is 19.5 Å². The average Bonchev–Trinajstić information content (AvgIpc) is 3.20. The SMILES string of the molecule is COc1ccc(-c2nc(C(=O)N(C)C3CCS(=O)(=O)C3)cs2)cc1. The van der Waals surface area contributed by atoms with E-state index in [0.717, 1.165) is 16.3 Å². The Kier molecular flexibility index (Phi) is 4.60. The highest BCUT2D eigenvalue weighted by Gasteiger charge is 2.33. The van der Waals surface area contributed by atoms with Crippen molar-refractivity contribution in [3.05, 3.63) is 35.3 Å². The number of methoxy groups -OCH3 is 1. The second-order valence-corrected chi connectivity index (χ2v) is 8.83. The first kappa shape index (κ1) is 16.9. The number of hydrogen-bond acceptors (Lipinski definition) is 6. The van der Waals surface area contributed by atoms with Gasteiger partial charge in [-0.3, -0.25) is 4.79 Å². The van der Waals surface area contributed by atoms with E-state index in [4.69, 9.17) is 4.74 Å². The summed E-state index contributed by atoms with van der Waals surface area (Å²) in [4.78, 5) is 18.4. The van der Waals surface area contributed by atoms with E-state index in [1.807, 2.05) is 24.3 Å². The maximum atomic E-state index is 12.5. The topological polar surface area (TPSA) is 76.6 Å². The Bertz CT molecular complexity index is 843. The molecular weight excluding hydrogens is 348 g/mol. The van der Waals surface area contributed by atoms with Gasteiger partial charge >= 0.3 is 0 Å². The molecule has 1 amide bonds. The highest BCUT2D eigenvalue weighted by Crippen LogP contribution is 2.27. The number of thiazole rings is 1. The smallest absolute Gasteiger partial charge is 0.273 e. The molecule has 8 heteroatoms. The van der Waals surface area contributed by atoms with E-state index in [0.29, 0.717) is 12.1 Å². The van der Waals surface area contributed by atoms with E-state index in [9.17, 15) is 13.2 Å². The molecule has 3 rings (SSSR count). The largest absolute Gasteiger partial charge is 0.497 e. The van der Waals surface area contributed by atoms with E-state index in [1.165, 1.54) is 16.2 Å². The van der Waals surface area contributed by atoms with Crippen LogP contribution in [0, 0.1) is 0 Å². The number of carbonyl (C=O) groups is 1. The maximum absolute atomic E-state index is 12.5. The molecule has 2 aromatic rings. The van der Waals surface area contributed by atoms with Gasteiger partial charge in [-0.25, -0.2) is 13.4 Å². The second kappa shape index (κ2) is 6.52. The third kappa shape index (κ3) is 3.44. The molecule has 0 N–H and O–H groups in total. The van der Waals surface area contributed by atoms with Gasteiger partial charge in [-0.2, -0.15) is 0 Å². The molecule has 24 heavy (non-hydrogen) atoms. The van der Waals surface area contributed by atoms with Gasteiger partial charge in [0.15, 0.2) is 9.84 Å². The zero-order valence-electron chi connectivity index (χ0n) is 13.4. The van der Waals surface area contributed by atoms with Gasteiger partial charge in [0.25, 0.3) is 5.91 Å². The quantitative estimate of drug-likeness (QED) is 0.828. The lowest BCUT2D eigenvalue weighted by Crippen LogP contribution is -2.38. The zero-order chi connectivity index (χ0) is 17.3. The van der Waals surface area contributed by atoms with Gasteiger partial charge < -0.3 is 9.64 Å². The molecule has 1 atom stereocenters. The van der Waals surface area contributed by atoms with Crippen LogP contribution in [0.3, 0.4) is 0 Å². The molecule has 0 bridgehead atoms. The Balaban J connectivity index is 1.75. The summed E-state index contributed by atoms with van der Waals surface area (Å²) in [6, 6.07) is 7.19. The molecule has 1 aliphatic heterocycles. The van der Waals surface area contributed by atoms with Crippen LogP contribution in [0.25, 0.3) is 10.6 Å². The predicted octanol–water partition coefficient (Wildman–Crippen LogP) is 2.08. The molecule has 0 radical (unpaired) electrons. The van der Waals surface area contributed by atoms with Crippen LogP contribution < -0.4 is 4.74 Å². The molecule has 1 unspecified atom stereocenters. The lowest BCUT2D eigenvalue weighted by atomic mass is 10.2. The molecule has 6 nitrogen and oxygen atoms in total. The van der Waals surface area contributed by atoms with Gasteiger partial charge in [0.05, 0.1) is 18.6 Å². The number of hydrogen-bond donors (Lipinski definition) is 0. The second-order valence-electron chi connectivity index (χ2n) is 5.74. The number of rotatable bonds is 4. The van der Waals surface area contributed by atoms with Crippen molar-refractivity contribution in [1.29, 1.82) is 0 Å². The van der Waals surface area contributed by atoms with Gasteiger partial charge in [-0.05, 0) is 30.7 Å². The average molecular weight is 366 g/mol. The summed E-state index contributed by atoms with van der Waals surface area (Å²) >= 11 is 1.39. The first-order valence-corrected chi connectivity index (χ1v) is 10.2. The molecule has 1 fully saturated rings. The third-order valence-corrected chi connectivity index (χ3v) is 6.78. The Morgan fingerprint density at radius 3 is 2.62 bits per heavy atom. The number of aromatic nitrogens is 1. The summed E-state index contributed by atoms with van der Waals surface area (Å²) in [5.41, 5.74) is 1.25. The molecule has 0 spiro atoms. The van der Waals surface area contributed by atoms with Crippen LogP contribution in [-0.2, 0) is 9.84 Å². The first-order chi connectivity index (χ1) is 11.4. The number of benzene rings is 1. The highest BCUT2D eigenvalue weighted by molar-refractivity contribution is 7.91. The van der Waals surface area contributed by atoms with Crippen molar-refractivity contribution in [1.82, 2.24) is 9.88 Å². The van der Waals surface area contributed by atoms with Crippen LogP contribution in [0.1, 0.15) is 16.9 Å². The number of ether oxygens (including phenoxy) is 1. The Morgan fingerprint density at radius 2 is 2.04 bits per heavy atom. The van der Waals surface area contributed by atoms with E-state index < -0.39 is 9.84 Å². The van der Waals surface area contributed by atoms with Crippen molar-refractivity contribution < 1.29 is 17.9 Å². The summed E-state index contributed by atoms with van der Waals surface area (Å²) in [7, 11) is 0.220. The molecule has 0 aliphatic carbocycles. The molecule has 128 valence electrons. The number of nitrogens with zero attached hydrogens (tertiary/aromatic N) is 2. The fourth-order valence-electron chi connectivity index (χ4n) is 2.67. The number of amides is 1. The van der Waals surface area contributed by atoms with Crippen LogP contribution in [0.5, 0.6) is 5.75 Å². The molecule has 1 saturated heterocycles. The van der Waals surface area contributed by atoms with Crippen LogP contribution >= 0.6 is 11.3 Å². The predicted molar refractivity (Wildman–Crippen MR) is 93.3 cm³/mol. The van der Waals surface area contributed by atoms with Crippen molar-refractivity contribution in [2.24, 2.45) is 0 Å². The summed E-state index contributed by atoms with van der Waals surface area (Å²) in [6.45, 7) is 0. The lowest BCUT2D eigenvalue weighted by Gasteiger charge is -2.22. The lowest BCUT2D eigenvalue weighted by molar-refractivity contribution is 0.0742. The van der Waals surface area contributed by atoms with Gasteiger partial charge in [-0.15, -0.1) is 11.3 Å². The molecule has 1 aromatic heterocycles. The summed E-state index contributed by atoms with van der Waals surface area (Å²) in [6.07, 6.45) is 0.486. The Morgan fingerprint density at radius 1 is 1.33 bits per heavy atom. The Hall–Kier alpha value is -1.93. The van der Waals surface area contributed by atoms with Gasteiger partial charge in [0.1, 0.15) is 16.5 Å². The summed E-state index contributed by atoms with van der Waals surface area (Å²) in [5.74, 6) is 0.690. The first-order valence-electron chi connectivity index (χ1n) is 7.47. The standard InChI is InChI=1S/C16H18N2O4S2/c1-18(12-7-8-24(20,21)10-12)16(19)14-9-23-15(17-14)11-3-5-13(22-2)6-4-11/h3-6,9,12H,7-8,10H2,1-2H3. The van der Waals surface area contributed by atoms with Gasteiger partial charge in [-0.1, -0.05) is 0 Å². The van der Waals surface area contributed by atoms with Gasteiger partial charge in [0.2, 0.25) is 0 Å². The van der Waals surface area contributed by atoms with E-state index in [-0.39, 0.29) is 23.5 Å². The van der Waals surface area contributed by atoms with E-state index in [2.05, 4.69) is 4.98 Å². The number of carbonyl (C=O) groups excluding carboxylic acids is 1. The van der Waals surface area contributed by atoms with Gasteiger partial charge in [0, 0.05) is 24.0 Å². The summed E-state index contributed by atoms with van der Waals surface area (Å²) in [5, 5.41) is 2.45. The van der Waals surface area contributed by atoms with Crippen LogP contribution in [0.15, 0.2) is 29.6 Å². The fourth-order valence-corrected chi connectivity index (χ4v) is 5.24. The maximum Gasteiger partial charge on any atom is 0.273 e. The summed E-state index contributed by atoms with van der Waals surface area (Å²) < 4.78 is 28.3. The van der Waals surface area contributed by atoms with Crippen LogP contribution in [-0.4, -0.2) is 55.9 Å². The zero-order valence-corrected chi connectivity index (χ0v) is 15.1. The third-order valence-electron chi connectivity index (χ3n) is 4.14. The Labute approximate surface area is 145 Å². The normalized spacial score (nSPS) is 19.2. The van der Waals surface area contributed by atoms with Crippen LogP contribution in [0.2, 0.25) is 0 Å². The minimum absolute atomic E-state index is 0.0325. The van der Waals surface area contributed by atoms with Crippen LogP contribution in [0.4, 0.5) is 0 Å². The minimum atomic E-state index is -3.02. The molecule has 1 aliphatic rings. The fraction of sp³-hybridized carbons (Fsp3) is 0.375. The van der Waals surface area contributed by atoms with Crippen molar-refractivity contribution in [2.45, 2.75) is 12.5 Å². The van der Waals surface area contributed by atoms with Crippen molar-refractivity contribution in [3.8, 4) is 16.3 Å². The van der Waals surface area contributed by atoms with Crippen molar-refractivity contribution >= 4 is 27.1 Å². The molecule has 0 saturated carbocycles.